The minimum Gasteiger partial charge on any atom is -0.507 e. The van der Waals surface area contributed by atoms with E-state index in [1.807, 2.05) is 0 Å². The molecule has 1 aromatic heterocycles. The van der Waals surface area contributed by atoms with Gasteiger partial charge in [0.2, 0.25) is 0 Å². The van der Waals surface area contributed by atoms with Crippen LogP contribution < -0.4 is 9.88 Å². The Bertz CT molecular complexity index is 1080. The fourth-order valence-electron chi connectivity index (χ4n) is 3.36. The summed E-state index contributed by atoms with van der Waals surface area (Å²) in [6, 6.07) is 20.0. The molecular weight excluding hydrogens is 376 g/mol. The molecule has 1 fully saturated rings. The SMILES string of the molecule is O=C1C(=O)N(c2cccc[nH+]2)C(c2ccccc2Cl)C1=C(O)c1ccccc1. The number of aromatic nitrogens is 1. The molecular formula is C22H16ClN2O3+. The number of nitrogens with one attached hydrogen (secondary N) is 1. The van der Waals surface area contributed by atoms with E-state index in [0.717, 1.165) is 0 Å². The van der Waals surface area contributed by atoms with E-state index in [1.165, 1.54) is 4.90 Å². The van der Waals surface area contributed by atoms with E-state index >= 15 is 0 Å². The molecule has 0 radical (unpaired) electrons. The number of aliphatic hydroxyl groups excluding tert-OH is 1. The fraction of sp³-hybridized carbons (Fsp3) is 0.0455. The van der Waals surface area contributed by atoms with Crippen molar-refractivity contribution in [1.29, 1.82) is 0 Å². The number of rotatable bonds is 3. The molecule has 1 unspecified atom stereocenters. The van der Waals surface area contributed by atoms with Crippen LogP contribution in [-0.4, -0.2) is 16.8 Å². The highest BCUT2D eigenvalue weighted by molar-refractivity contribution is 6.51. The van der Waals surface area contributed by atoms with Gasteiger partial charge in [0.05, 0.1) is 11.8 Å². The van der Waals surface area contributed by atoms with Gasteiger partial charge >= 0.3 is 5.91 Å². The summed E-state index contributed by atoms with van der Waals surface area (Å²) in [5.74, 6) is -1.29. The number of halogens is 1. The van der Waals surface area contributed by atoms with Gasteiger partial charge in [-0.1, -0.05) is 66.2 Å². The number of anilines is 1. The smallest absolute Gasteiger partial charge is 0.382 e. The van der Waals surface area contributed by atoms with Gasteiger partial charge in [-0.05, 0) is 12.1 Å². The van der Waals surface area contributed by atoms with Crippen molar-refractivity contribution >= 4 is 34.9 Å². The average Bonchev–Trinajstić information content (AvgIpc) is 3.00. The Labute approximate surface area is 166 Å². The number of hydrogen-bond acceptors (Lipinski definition) is 3. The third kappa shape index (κ3) is 2.96. The van der Waals surface area contributed by atoms with Crippen LogP contribution in [0.5, 0.6) is 0 Å². The van der Waals surface area contributed by atoms with Crippen LogP contribution in [-0.2, 0) is 9.59 Å². The molecule has 4 rings (SSSR count). The summed E-state index contributed by atoms with van der Waals surface area (Å²) in [6.07, 6.45) is 1.66. The Balaban J connectivity index is 1.98. The first-order valence-electron chi connectivity index (χ1n) is 8.67. The maximum absolute atomic E-state index is 12.9. The van der Waals surface area contributed by atoms with Crippen molar-refractivity contribution < 1.29 is 19.7 Å². The molecule has 1 atom stereocenters. The van der Waals surface area contributed by atoms with E-state index in [1.54, 1.807) is 79.0 Å². The molecule has 2 heterocycles. The van der Waals surface area contributed by atoms with Gasteiger partial charge in [-0.3, -0.25) is 4.79 Å². The second-order valence-corrected chi connectivity index (χ2v) is 6.71. The minimum atomic E-state index is -0.854. The van der Waals surface area contributed by atoms with Crippen LogP contribution in [0.1, 0.15) is 17.2 Å². The van der Waals surface area contributed by atoms with Gasteiger partial charge in [-0.2, -0.15) is 4.90 Å². The Morgan fingerprint density at radius 3 is 2.29 bits per heavy atom. The summed E-state index contributed by atoms with van der Waals surface area (Å²) in [6.45, 7) is 0. The van der Waals surface area contributed by atoms with Crippen molar-refractivity contribution in [1.82, 2.24) is 0 Å². The zero-order valence-corrected chi connectivity index (χ0v) is 15.4. The molecule has 0 saturated carbocycles. The van der Waals surface area contributed by atoms with E-state index in [-0.39, 0.29) is 11.3 Å². The maximum atomic E-state index is 12.9. The molecule has 0 bridgehead atoms. The first kappa shape index (κ1) is 17.9. The largest absolute Gasteiger partial charge is 0.507 e. The Hall–Kier alpha value is -3.44. The summed E-state index contributed by atoms with van der Waals surface area (Å²) < 4.78 is 0. The predicted octanol–water partition coefficient (Wildman–Crippen LogP) is 3.78. The van der Waals surface area contributed by atoms with Gasteiger partial charge in [0.25, 0.3) is 11.6 Å². The summed E-state index contributed by atoms with van der Waals surface area (Å²) >= 11 is 6.40. The molecule has 5 nitrogen and oxygen atoms in total. The molecule has 1 aliphatic heterocycles. The number of amides is 1. The van der Waals surface area contributed by atoms with Gasteiger partial charge in [0, 0.05) is 22.2 Å². The van der Waals surface area contributed by atoms with Crippen molar-refractivity contribution in [3.8, 4) is 0 Å². The van der Waals surface area contributed by atoms with Gasteiger partial charge in [-0.15, -0.1) is 0 Å². The quantitative estimate of drug-likeness (QED) is 0.419. The maximum Gasteiger partial charge on any atom is 0.382 e. The molecule has 1 saturated heterocycles. The summed E-state index contributed by atoms with van der Waals surface area (Å²) in [7, 11) is 0. The van der Waals surface area contributed by atoms with E-state index < -0.39 is 17.7 Å². The number of Topliss-reactive ketones (excluding diaryl/α,β-unsaturated/α-hetero) is 1. The Morgan fingerprint density at radius 1 is 0.929 bits per heavy atom. The molecule has 0 aliphatic carbocycles. The molecule has 1 amide bonds. The van der Waals surface area contributed by atoms with Crippen LogP contribution >= 0.6 is 11.6 Å². The first-order chi connectivity index (χ1) is 13.6. The summed E-state index contributed by atoms with van der Waals surface area (Å²) in [4.78, 5) is 30.2. The third-order valence-corrected chi connectivity index (χ3v) is 4.99. The monoisotopic (exact) mass is 391 g/mol. The molecule has 2 N–H and O–H groups in total. The number of hydrogen-bond donors (Lipinski definition) is 1. The number of H-pyrrole nitrogens is 1. The number of aliphatic hydroxyl groups is 1. The number of ketones is 1. The predicted molar refractivity (Wildman–Crippen MR) is 106 cm³/mol. The minimum absolute atomic E-state index is 0.00144. The molecule has 2 aromatic carbocycles. The highest BCUT2D eigenvalue weighted by Gasteiger charge is 2.53. The fourth-order valence-corrected chi connectivity index (χ4v) is 3.60. The lowest BCUT2D eigenvalue weighted by Gasteiger charge is -2.19. The first-order valence-corrected chi connectivity index (χ1v) is 9.05. The molecule has 6 heteroatoms. The third-order valence-electron chi connectivity index (χ3n) is 4.64. The van der Waals surface area contributed by atoms with Crippen molar-refractivity contribution in [2.45, 2.75) is 6.04 Å². The van der Waals surface area contributed by atoms with Gasteiger partial charge in [0.1, 0.15) is 5.76 Å². The standard InChI is InChI=1S/C22H15ClN2O3/c23-16-11-5-4-10-15(16)19-18(20(26)14-8-2-1-3-9-14)21(27)22(28)25(19)17-12-6-7-13-24-17/h1-13,19,26H/p+1. The van der Waals surface area contributed by atoms with Crippen LogP contribution in [0, 0.1) is 0 Å². The molecule has 28 heavy (non-hydrogen) atoms. The topological polar surface area (TPSA) is 71.8 Å². The van der Waals surface area contributed by atoms with E-state index in [4.69, 9.17) is 11.6 Å². The lowest BCUT2D eigenvalue weighted by molar-refractivity contribution is -0.363. The molecule has 0 spiro atoms. The normalized spacial score (nSPS) is 18.5. The highest BCUT2D eigenvalue weighted by atomic mass is 35.5. The zero-order valence-electron chi connectivity index (χ0n) is 14.7. The lowest BCUT2D eigenvalue weighted by atomic mass is 9.95. The molecule has 1 aliphatic rings. The Kier molecular flexibility index (Phi) is 4.67. The molecule has 3 aromatic rings. The number of nitrogens with zero attached hydrogens (tertiary/aromatic N) is 1. The van der Waals surface area contributed by atoms with Crippen molar-refractivity contribution in [2.75, 3.05) is 4.90 Å². The van der Waals surface area contributed by atoms with Crippen molar-refractivity contribution in [3.05, 3.63) is 101 Å². The van der Waals surface area contributed by atoms with Crippen LogP contribution in [0.2, 0.25) is 5.02 Å². The van der Waals surface area contributed by atoms with E-state index in [2.05, 4.69) is 4.98 Å². The second-order valence-electron chi connectivity index (χ2n) is 6.30. The van der Waals surface area contributed by atoms with Crippen LogP contribution in [0.3, 0.4) is 0 Å². The van der Waals surface area contributed by atoms with Crippen LogP contribution in [0.15, 0.2) is 84.6 Å². The zero-order chi connectivity index (χ0) is 19.7. The highest BCUT2D eigenvalue weighted by Crippen LogP contribution is 2.42. The van der Waals surface area contributed by atoms with Gasteiger partial charge in [0.15, 0.2) is 6.04 Å². The van der Waals surface area contributed by atoms with Gasteiger partial charge in [-0.25, -0.2) is 9.78 Å². The van der Waals surface area contributed by atoms with E-state index in [9.17, 15) is 14.7 Å². The molecule has 138 valence electrons. The van der Waals surface area contributed by atoms with E-state index in [0.29, 0.717) is 22.0 Å². The second kappa shape index (κ2) is 7.29. The van der Waals surface area contributed by atoms with Crippen LogP contribution in [0.25, 0.3) is 5.76 Å². The summed E-state index contributed by atoms with van der Waals surface area (Å²) in [5.41, 5.74) is 1.01. The number of pyridine rings is 1. The Morgan fingerprint density at radius 2 is 1.61 bits per heavy atom. The van der Waals surface area contributed by atoms with Gasteiger partial charge < -0.3 is 5.11 Å². The average molecular weight is 392 g/mol. The van der Waals surface area contributed by atoms with Crippen LogP contribution in [0.4, 0.5) is 5.82 Å². The van der Waals surface area contributed by atoms with Crippen molar-refractivity contribution in [2.24, 2.45) is 0 Å². The number of carbonyl (C=O) groups excluding carboxylic acids is 2. The number of carbonyl (C=O) groups is 2. The van der Waals surface area contributed by atoms with Crippen molar-refractivity contribution in [3.63, 3.8) is 0 Å². The number of aromatic amines is 1. The number of benzene rings is 2. The summed E-state index contributed by atoms with van der Waals surface area (Å²) in [5, 5.41) is 11.3. The lowest BCUT2D eigenvalue weighted by Crippen LogP contribution is -2.34.